The maximum Gasteiger partial charge on any atom is 0.124 e. The van der Waals surface area contributed by atoms with E-state index in [2.05, 4.69) is 28.2 Å². The van der Waals surface area contributed by atoms with Crippen LogP contribution >= 0.6 is 11.3 Å². The third-order valence-electron chi connectivity index (χ3n) is 2.84. The first-order valence-corrected chi connectivity index (χ1v) is 7.25. The lowest BCUT2D eigenvalue weighted by molar-refractivity contribution is 0.321. The van der Waals surface area contributed by atoms with Gasteiger partial charge in [-0.1, -0.05) is 24.0 Å². The van der Waals surface area contributed by atoms with E-state index in [0.29, 0.717) is 5.56 Å². The van der Waals surface area contributed by atoms with Crippen LogP contribution in [-0.4, -0.2) is 18.5 Å². The van der Waals surface area contributed by atoms with E-state index >= 15 is 0 Å². The van der Waals surface area contributed by atoms with Gasteiger partial charge in [-0.2, -0.15) is 0 Å². The fourth-order valence-electron chi connectivity index (χ4n) is 1.96. The molecule has 4 heteroatoms. The van der Waals surface area contributed by atoms with Crippen molar-refractivity contribution in [3.8, 4) is 11.8 Å². The van der Waals surface area contributed by atoms with Gasteiger partial charge in [0, 0.05) is 23.5 Å². The molecule has 1 aromatic heterocycles. The normalized spacial score (nSPS) is 10.4. The van der Waals surface area contributed by atoms with Crippen molar-refractivity contribution < 1.29 is 4.39 Å². The van der Waals surface area contributed by atoms with Crippen molar-refractivity contribution in [1.82, 2.24) is 4.90 Å². The summed E-state index contributed by atoms with van der Waals surface area (Å²) in [4.78, 5) is 3.50. The molecule has 0 saturated carbocycles. The summed E-state index contributed by atoms with van der Waals surface area (Å²) in [6, 6.07) is 8.89. The molecule has 0 radical (unpaired) electrons. The number of hydrogen-bond donors (Lipinski definition) is 1. The molecule has 0 amide bonds. The van der Waals surface area contributed by atoms with Crippen LogP contribution < -0.4 is 5.73 Å². The van der Waals surface area contributed by atoms with E-state index < -0.39 is 0 Å². The minimum absolute atomic E-state index is 0.268. The third-order valence-corrected chi connectivity index (χ3v) is 3.70. The van der Waals surface area contributed by atoms with Crippen LogP contribution in [0.2, 0.25) is 0 Å². The second-order valence-corrected chi connectivity index (χ2v) is 5.59. The van der Waals surface area contributed by atoms with E-state index in [1.807, 2.05) is 13.1 Å². The average molecular weight is 288 g/mol. The minimum atomic E-state index is -0.268. The molecule has 0 fully saturated rings. The number of thiophene rings is 1. The molecule has 2 aromatic rings. The van der Waals surface area contributed by atoms with Crippen molar-refractivity contribution in [2.75, 3.05) is 13.6 Å². The third kappa shape index (κ3) is 4.17. The Labute approximate surface area is 123 Å². The fourth-order valence-corrected chi connectivity index (χ4v) is 2.75. The van der Waals surface area contributed by atoms with Crippen molar-refractivity contribution in [3.05, 3.63) is 57.5 Å². The molecular weight excluding hydrogens is 271 g/mol. The van der Waals surface area contributed by atoms with Gasteiger partial charge in [-0.05, 0) is 36.2 Å². The highest BCUT2D eigenvalue weighted by atomic mass is 32.1. The molecule has 0 unspecified atom stereocenters. The van der Waals surface area contributed by atoms with Crippen LogP contribution in [0.4, 0.5) is 4.39 Å². The summed E-state index contributed by atoms with van der Waals surface area (Å²) in [5.41, 5.74) is 7.12. The first-order valence-electron chi connectivity index (χ1n) is 6.37. The van der Waals surface area contributed by atoms with E-state index in [-0.39, 0.29) is 12.4 Å². The minimum Gasteiger partial charge on any atom is -0.320 e. The van der Waals surface area contributed by atoms with E-state index in [1.54, 1.807) is 17.4 Å². The molecule has 104 valence electrons. The topological polar surface area (TPSA) is 29.3 Å². The van der Waals surface area contributed by atoms with E-state index in [4.69, 9.17) is 5.73 Å². The Hall–Kier alpha value is -1.67. The van der Waals surface area contributed by atoms with Gasteiger partial charge in [0.05, 0.1) is 6.54 Å². The molecule has 0 aliphatic rings. The van der Waals surface area contributed by atoms with Crippen LogP contribution in [0.5, 0.6) is 0 Å². The molecule has 0 aliphatic heterocycles. The number of rotatable bonds is 4. The molecular formula is C16H17FN2S. The molecule has 2 rings (SSSR count). The molecule has 1 heterocycles. The number of hydrogen-bond acceptors (Lipinski definition) is 3. The fraction of sp³-hybridized carbons (Fsp3) is 0.250. The molecule has 0 atom stereocenters. The predicted octanol–water partition coefficient (Wildman–Crippen LogP) is 2.83. The molecule has 1 aromatic carbocycles. The summed E-state index contributed by atoms with van der Waals surface area (Å²) in [7, 11) is 2.04. The van der Waals surface area contributed by atoms with Crippen molar-refractivity contribution in [3.63, 3.8) is 0 Å². The molecule has 0 aliphatic carbocycles. The highest BCUT2D eigenvalue weighted by Gasteiger charge is 2.07. The number of nitrogens with zero attached hydrogens (tertiary/aromatic N) is 1. The van der Waals surface area contributed by atoms with Crippen LogP contribution in [0.3, 0.4) is 0 Å². The zero-order valence-electron chi connectivity index (χ0n) is 11.4. The largest absolute Gasteiger partial charge is 0.320 e. The van der Waals surface area contributed by atoms with Gasteiger partial charge < -0.3 is 5.73 Å². The van der Waals surface area contributed by atoms with Gasteiger partial charge in [0.2, 0.25) is 0 Å². The molecule has 0 saturated heterocycles. The highest BCUT2D eigenvalue weighted by Crippen LogP contribution is 2.16. The van der Waals surface area contributed by atoms with Crippen LogP contribution in [-0.2, 0) is 13.1 Å². The molecule has 0 spiro atoms. The van der Waals surface area contributed by atoms with Crippen LogP contribution in [0.25, 0.3) is 0 Å². The standard InChI is InChI=1S/C16H17FN2S/c1-19(12-16-5-3-9-20-16)11-14-6-7-15(17)10-13(14)4-2-8-18/h3,5-7,9-10H,8,11-12,18H2,1H3. The Morgan fingerprint density at radius 1 is 1.30 bits per heavy atom. The maximum atomic E-state index is 13.3. The number of benzene rings is 1. The lowest BCUT2D eigenvalue weighted by Crippen LogP contribution is -2.17. The smallest absolute Gasteiger partial charge is 0.124 e. The lowest BCUT2D eigenvalue weighted by atomic mass is 10.1. The van der Waals surface area contributed by atoms with Crippen molar-refractivity contribution in [2.24, 2.45) is 5.73 Å². The van der Waals surface area contributed by atoms with E-state index in [1.165, 1.54) is 17.0 Å². The molecule has 2 nitrogen and oxygen atoms in total. The number of halogens is 1. The van der Waals surface area contributed by atoms with E-state index in [0.717, 1.165) is 18.7 Å². The summed E-state index contributed by atoms with van der Waals surface area (Å²) < 4.78 is 13.3. The van der Waals surface area contributed by atoms with Crippen LogP contribution in [0.1, 0.15) is 16.0 Å². The summed E-state index contributed by atoms with van der Waals surface area (Å²) in [6.45, 7) is 1.88. The molecule has 2 N–H and O–H groups in total. The van der Waals surface area contributed by atoms with Gasteiger partial charge in [0.15, 0.2) is 0 Å². The Morgan fingerprint density at radius 2 is 2.15 bits per heavy atom. The van der Waals surface area contributed by atoms with Gasteiger partial charge in [-0.25, -0.2) is 4.39 Å². The zero-order chi connectivity index (χ0) is 14.4. The van der Waals surface area contributed by atoms with Crippen molar-refractivity contribution in [2.45, 2.75) is 13.1 Å². The summed E-state index contributed by atoms with van der Waals surface area (Å²) >= 11 is 1.74. The second-order valence-electron chi connectivity index (χ2n) is 4.56. The number of nitrogens with two attached hydrogens (primary N) is 1. The quantitative estimate of drug-likeness (QED) is 0.877. The monoisotopic (exact) mass is 288 g/mol. The first kappa shape index (κ1) is 14.7. The maximum absolute atomic E-state index is 13.3. The Morgan fingerprint density at radius 3 is 2.85 bits per heavy atom. The Bertz CT molecular complexity index is 611. The zero-order valence-corrected chi connectivity index (χ0v) is 12.2. The van der Waals surface area contributed by atoms with Gasteiger partial charge in [-0.15, -0.1) is 11.3 Å². The van der Waals surface area contributed by atoms with Crippen LogP contribution in [0, 0.1) is 17.7 Å². The predicted molar refractivity (Wildman–Crippen MR) is 81.8 cm³/mol. The summed E-state index contributed by atoms with van der Waals surface area (Å²) in [5, 5.41) is 2.07. The van der Waals surface area contributed by atoms with E-state index in [9.17, 15) is 4.39 Å². The Balaban J connectivity index is 2.11. The second kappa shape index (κ2) is 7.20. The Kier molecular flexibility index (Phi) is 5.31. The van der Waals surface area contributed by atoms with Crippen LogP contribution in [0.15, 0.2) is 35.7 Å². The SMILES string of the molecule is CN(Cc1cccs1)Cc1ccc(F)cc1C#CCN. The average Bonchev–Trinajstić information content (AvgIpc) is 2.91. The van der Waals surface area contributed by atoms with Crippen molar-refractivity contribution >= 4 is 11.3 Å². The van der Waals surface area contributed by atoms with Gasteiger partial charge in [-0.3, -0.25) is 4.90 Å². The van der Waals surface area contributed by atoms with Gasteiger partial charge in [0.25, 0.3) is 0 Å². The molecule has 20 heavy (non-hydrogen) atoms. The van der Waals surface area contributed by atoms with Gasteiger partial charge in [0.1, 0.15) is 5.82 Å². The highest BCUT2D eigenvalue weighted by molar-refractivity contribution is 7.09. The first-order chi connectivity index (χ1) is 9.69. The van der Waals surface area contributed by atoms with Crippen molar-refractivity contribution in [1.29, 1.82) is 0 Å². The lowest BCUT2D eigenvalue weighted by Gasteiger charge is -2.16. The summed E-state index contributed by atoms with van der Waals surface area (Å²) in [6.07, 6.45) is 0. The summed E-state index contributed by atoms with van der Waals surface area (Å²) in [5.74, 6) is 5.46. The molecule has 0 bridgehead atoms. The van der Waals surface area contributed by atoms with Gasteiger partial charge >= 0.3 is 0 Å².